The van der Waals surface area contributed by atoms with Crippen LogP contribution in [-0.2, 0) is 23.6 Å². The number of nitrogens with zero attached hydrogens (tertiary/aromatic N) is 2. The van der Waals surface area contributed by atoms with E-state index in [9.17, 15) is 12.8 Å². The molecular weight excluding hydrogens is 281 g/mol. The molecule has 20 heavy (non-hydrogen) atoms. The molecule has 1 aromatic heterocycles. The van der Waals surface area contributed by atoms with Crippen molar-refractivity contribution in [3.63, 3.8) is 0 Å². The molecular formula is C13H16FN3O2S. The second kappa shape index (κ2) is 5.34. The fraction of sp³-hybridized carbons (Fsp3) is 0.308. The highest BCUT2D eigenvalue weighted by Gasteiger charge is 2.19. The van der Waals surface area contributed by atoms with E-state index in [-0.39, 0.29) is 11.4 Å². The highest BCUT2D eigenvalue weighted by Crippen LogP contribution is 2.16. The minimum atomic E-state index is -3.88. The van der Waals surface area contributed by atoms with Crippen LogP contribution < -0.4 is 4.72 Å². The van der Waals surface area contributed by atoms with Gasteiger partial charge in [-0.1, -0.05) is 12.1 Å². The zero-order valence-corrected chi connectivity index (χ0v) is 12.3. The van der Waals surface area contributed by atoms with Gasteiger partial charge in [0.2, 0.25) is 10.0 Å². The Labute approximate surface area is 117 Å². The first kappa shape index (κ1) is 14.7. The van der Waals surface area contributed by atoms with Crippen LogP contribution in [0.4, 0.5) is 4.39 Å². The van der Waals surface area contributed by atoms with Crippen molar-refractivity contribution in [1.82, 2.24) is 14.5 Å². The van der Waals surface area contributed by atoms with Gasteiger partial charge in [0.25, 0.3) is 0 Å². The first-order valence-electron chi connectivity index (χ1n) is 6.06. The number of aromatic nitrogens is 2. The Balaban J connectivity index is 2.24. The molecule has 0 unspecified atom stereocenters. The van der Waals surface area contributed by atoms with Gasteiger partial charge < -0.3 is 0 Å². The van der Waals surface area contributed by atoms with Crippen LogP contribution in [-0.4, -0.2) is 18.2 Å². The molecule has 0 radical (unpaired) electrons. The molecule has 0 aliphatic heterocycles. The lowest BCUT2D eigenvalue weighted by Crippen LogP contribution is -2.24. The predicted octanol–water partition coefficient (Wildman–Crippen LogP) is 1.65. The van der Waals surface area contributed by atoms with Crippen molar-refractivity contribution in [1.29, 1.82) is 0 Å². The average molecular weight is 297 g/mol. The van der Waals surface area contributed by atoms with Gasteiger partial charge in [-0.05, 0) is 26.0 Å². The van der Waals surface area contributed by atoms with E-state index >= 15 is 0 Å². The number of hydrogen-bond donors (Lipinski definition) is 1. The van der Waals surface area contributed by atoms with Crippen molar-refractivity contribution in [3.8, 4) is 0 Å². The van der Waals surface area contributed by atoms with Gasteiger partial charge in [0, 0.05) is 24.8 Å². The quantitative estimate of drug-likeness (QED) is 0.933. The summed E-state index contributed by atoms with van der Waals surface area (Å²) in [6.45, 7) is 3.74. The number of hydrogen-bond acceptors (Lipinski definition) is 3. The van der Waals surface area contributed by atoms with E-state index in [2.05, 4.69) is 9.82 Å². The topological polar surface area (TPSA) is 64.0 Å². The molecule has 2 aromatic rings. The highest BCUT2D eigenvalue weighted by molar-refractivity contribution is 7.89. The summed E-state index contributed by atoms with van der Waals surface area (Å²) in [6.07, 6.45) is 0. The third-order valence-electron chi connectivity index (χ3n) is 3.22. The molecule has 0 spiro atoms. The lowest BCUT2D eigenvalue weighted by molar-refractivity contribution is 0.556. The maximum Gasteiger partial charge on any atom is 0.243 e. The molecule has 7 heteroatoms. The van der Waals surface area contributed by atoms with Crippen LogP contribution in [0.15, 0.2) is 29.2 Å². The average Bonchev–Trinajstić information content (AvgIpc) is 2.61. The summed E-state index contributed by atoms with van der Waals surface area (Å²) in [6, 6.07) is 5.29. The van der Waals surface area contributed by atoms with Crippen molar-refractivity contribution in [2.75, 3.05) is 0 Å². The lowest BCUT2D eigenvalue weighted by Gasteiger charge is -2.08. The molecule has 1 aromatic carbocycles. The van der Waals surface area contributed by atoms with Crippen molar-refractivity contribution < 1.29 is 12.8 Å². The molecule has 0 saturated heterocycles. The molecule has 108 valence electrons. The van der Waals surface area contributed by atoms with Crippen LogP contribution in [0.3, 0.4) is 0 Å². The van der Waals surface area contributed by atoms with E-state index in [0.717, 1.165) is 23.0 Å². The van der Waals surface area contributed by atoms with Crippen LogP contribution in [0, 0.1) is 19.7 Å². The predicted molar refractivity (Wildman–Crippen MR) is 73.1 cm³/mol. The van der Waals surface area contributed by atoms with E-state index in [4.69, 9.17) is 0 Å². The molecule has 0 bridgehead atoms. The van der Waals surface area contributed by atoms with Gasteiger partial charge in [-0.3, -0.25) is 4.68 Å². The molecule has 1 heterocycles. The minimum Gasteiger partial charge on any atom is -0.272 e. The smallest absolute Gasteiger partial charge is 0.243 e. The number of halogens is 1. The van der Waals surface area contributed by atoms with E-state index in [1.807, 2.05) is 6.92 Å². The van der Waals surface area contributed by atoms with Gasteiger partial charge in [-0.15, -0.1) is 0 Å². The second-order valence-corrected chi connectivity index (χ2v) is 6.26. The monoisotopic (exact) mass is 297 g/mol. The van der Waals surface area contributed by atoms with Crippen molar-refractivity contribution in [2.24, 2.45) is 7.05 Å². The Morgan fingerprint density at radius 1 is 1.30 bits per heavy atom. The largest absolute Gasteiger partial charge is 0.272 e. The Kier molecular flexibility index (Phi) is 3.92. The third kappa shape index (κ3) is 2.73. The number of benzene rings is 1. The fourth-order valence-electron chi connectivity index (χ4n) is 1.98. The Hall–Kier alpha value is -1.73. The Bertz CT molecular complexity index is 738. The van der Waals surface area contributed by atoms with E-state index in [0.29, 0.717) is 0 Å². The van der Waals surface area contributed by atoms with E-state index < -0.39 is 15.8 Å². The molecule has 0 fully saturated rings. The van der Waals surface area contributed by atoms with Crippen LogP contribution in [0.5, 0.6) is 0 Å². The van der Waals surface area contributed by atoms with Crippen LogP contribution in [0.25, 0.3) is 0 Å². The van der Waals surface area contributed by atoms with Crippen LogP contribution >= 0.6 is 0 Å². The zero-order chi connectivity index (χ0) is 14.9. The third-order valence-corrected chi connectivity index (χ3v) is 4.66. The van der Waals surface area contributed by atoms with E-state index in [1.54, 1.807) is 18.7 Å². The molecule has 0 aliphatic carbocycles. The Morgan fingerprint density at radius 3 is 2.50 bits per heavy atom. The summed E-state index contributed by atoms with van der Waals surface area (Å²) in [5.41, 5.74) is 2.42. The maximum atomic E-state index is 13.5. The number of aryl methyl sites for hydroxylation is 2. The van der Waals surface area contributed by atoms with Gasteiger partial charge in [-0.2, -0.15) is 5.10 Å². The van der Waals surface area contributed by atoms with Gasteiger partial charge in [0.05, 0.1) is 5.69 Å². The van der Waals surface area contributed by atoms with Gasteiger partial charge >= 0.3 is 0 Å². The first-order valence-corrected chi connectivity index (χ1v) is 7.54. The highest BCUT2D eigenvalue weighted by atomic mass is 32.2. The summed E-state index contributed by atoms with van der Waals surface area (Å²) in [7, 11) is -2.09. The van der Waals surface area contributed by atoms with Crippen LogP contribution in [0.2, 0.25) is 0 Å². The lowest BCUT2D eigenvalue weighted by atomic mass is 10.2. The maximum absolute atomic E-state index is 13.5. The van der Waals surface area contributed by atoms with E-state index in [1.165, 1.54) is 18.2 Å². The standard InChI is InChI=1S/C13H16FN3O2S/c1-9-11(10(2)17(3)16-9)8-15-20(18,19)13-7-5-4-6-12(13)14/h4-7,15H,8H2,1-3H3. The summed E-state index contributed by atoms with van der Waals surface area (Å²) in [4.78, 5) is -0.348. The van der Waals surface area contributed by atoms with Crippen LogP contribution in [0.1, 0.15) is 17.0 Å². The van der Waals surface area contributed by atoms with Gasteiger partial charge in [0.1, 0.15) is 10.7 Å². The number of nitrogens with one attached hydrogen (secondary N) is 1. The molecule has 0 saturated carbocycles. The fourth-order valence-corrected chi connectivity index (χ4v) is 3.05. The summed E-state index contributed by atoms with van der Waals surface area (Å²) < 4.78 is 41.8. The van der Waals surface area contributed by atoms with Crippen molar-refractivity contribution in [3.05, 3.63) is 47.0 Å². The molecule has 0 atom stereocenters. The van der Waals surface area contributed by atoms with Gasteiger partial charge in [0.15, 0.2) is 0 Å². The number of sulfonamides is 1. The Morgan fingerprint density at radius 2 is 1.95 bits per heavy atom. The summed E-state index contributed by atoms with van der Waals surface area (Å²) in [5, 5.41) is 4.21. The molecule has 5 nitrogen and oxygen atoms in total. The normalized spacial score (nSPS) is 11.8. The van der Waals surface area contributed by atoms with Crippen molar-refractivity contribution in [2.45, 2.75) is 25.3 Å². The molecule has 2 rings (SSSR count). The molecule has 1 N–H and O–H groups in total. The SMILES string of the molecule is Cc1nn(C)c(C)c1CNS(=O)(=O)c1ccccc1F. The first-order chi connectivity index (χ1) is 9.33. The molecule has 0 amide bonds. The van der Waals surface area contributed by atoms with Crippen molar-refractivity contribution >= 4 is 10.0 Å². The minimum absolute atomic E-state index is 0.0855. The number of rotatable bonds is 4. The summed E-state index contributed by atoms with van der Waals surface area (Å²) >= 11 is 0. The van der Waals surface area contributed by atoms with Gasteiger partial charge in [-0.25, -0.2) is 17.5 Å². The molecule has 0 aliphatic rings. The second-order valence-electron chi connectivity index (χ2n) is 4.53. The summed E-state index contributed by atoms with van der Waals surface area (Å²) in [5.74, 6) is -0.764. The zero-order valence-electron chi connectivity index (χ0n) is 11.5.